The number of nitrogens with zero attached hydrogens (tertiary/aromatic N) is 2. The molecule has 0 aliphatic carbocycles. The molecule has 2 fully saturated rings. The van der Waals surface area contributed by atoms with Gasteiger partial charge < -0.3 is 4.90 Å². The summed E-state index contributed by atoms with van der Waals surface area (Å²) in [4.78, 5) is 11.9. The molecule has 82 valence electrons. The first-order valence-electron chi connectivity index (χ1n) is 5.46. The summed E-state index contributed by atoms with van der Waals surface area (Å²) < 4.78 is 2.06. The summed E-state index contributed by atoms with van der Waals surface area (Å²) in [6.07, 6.45) is 7.30. The molecule has 0 aromatic heterocycles. The molecule has 0 aromatic rings. The fourth-order valence-electron chi connectivity index (χ4n) is 1.72. The Balaban J connectivity index is 0.000000146. The molecule has 14 heavy (non-hydrogen) atoms. The van der Waals surface area contributed by atoms with Crippen LogP contribution in [-0.2, 0) is 4.79 Å². The number of carbonyl (C=O) groups is 1. The molecular formula is C10H20N2OS. The fraction of sp³-hybridized carbons (Fsp3) is 0.900. The quantitative estimate of drug-likeness (QED) is 0.531. The minimum absolute atomic E-state index is 0.944. The molecule has 0 aromatic carbocycles. The third kappa shape index (κ3) is 4.86. The lowest BCUT2D eigenvalue weighted by atomic mass is 10.1. The van der Waals surface area contributed by atoms with E-state index in [2.05, 4.69) is 17.1 Å². The maximum absolute atomic E-state index is 10.1. The van der Waals surface area contributed by atoms with Gasteiger partial charge in [-0.15, -0.1) is 0 Å². The van der Waals surface area contributed by atoms with Crippen molar-refractivity contribution >= 4 is 19.2 Å². The van der Waals surface area contributed by atoms with Crippen LogP contribution in [0.1, 0.15) is 32.1 Å². The summed E-state index contributed by atoms with van der Waals surface area (Å²) in [5, 5.41) is 0. The molecule has 0 N–H and O–H groups in total. The van der Waals surface area contributed by atoms with Crippen molar-refractivity contribution in [3.8, 4) is 0 Å². The van der Waals surface area contributed by atoms with Crippen LogP contribution in [0.15, 0.2) is 0 Å². The Morgan fingerprint density at radius 3 is 1.64 bits per heavy atom. The number of piperidine rings is 1. The predicted octanol–water partition coefficient (Wildman–Crippen LogP) is 1.56. The smallest absolute Gasteiger partial charge is 0.209 e. The first-order chi connectivity index (χ1) is 6.83. The number of hydrogen-bond acceptors (Lipinski definition) is 3. The number of hydrogen-bond donors (Lipinski definition) is 1. The molecule has 0 unspecified atom stereocenters. The summed E-state index contributed by atoms with van der Waals surface area (Å²) in [5.74, 6) is 0. The molecule has 2 aliphatic rings. The highest BCUT2D eigenvalue weighted by molar-refractivity contribution is 7.77. The van der Waals surface area contributed by atoms with Gasteiger partial charge in [-0.1, -0.05) is 12.8 Å². The molecule has 1 amide bonds. The summed E-state index contributed by atoms with van der Waals surface area (Å²) in [5.41, 5.74) is 0. The number of thiol groups is 1. The second-order valence-corrected chi connectivity index (χ2v) is 4.43. The highest BCUT2D eigenvalue weighted by atomic mass is 32.1. The second kappa shape index (κ2) is 7.12. The Kier molecular flexibility index (Phi) is 6.03. The summed E-state index contributed by atoms with van der Waals surface area (Å²) in [6, 6.07) is 0. The van der Waals surface area contributed by atoms with Gasteiger partial charge in [0.25, 0.3) is 0 Å². The van der Waals surface area contributed by atoms with Crippen molar-refractivity contribution in [2.75, 3.05) is 26.2 Å². The number of carbonyl (C=O) groups excluding carboxylic acids is 1. The van der Waals surface area contributed by atoms with Gasteiger partial charge in [0.05, 0.1) is 0 Å². The molecule has 4 heteroatoms. The lowest BCUT2D eigenvalue weighted by Gasteiger charge is -2.21. The normalized spacial score (nSPS) is 22.8. The first kappa shape index (κ1) is 11.9. The molecule has 0 bridgehead atoms. The van der Waals surface area contributed by atoms with Crippen molar-refractivity contribution in [1.82, 2.24) is 9.21 Å². The lowest BCUT2D eigenvalue weighted by molar-refractivity contribution is -0.118. The van der Waals surface area contributed by atoms with E-state index >= 15 is 0 Å². The molecule has 2 saturated heterocycles. The molecule has 0 atom stereocenters. The van der Waals surface area contributed by atoms with E-state index < -0.39 is 0 Å². The third-order valence-electron chi connectivity index (χ3n) is 2.62. The Morgan fingerprint density at radius 1 is 0.857 bits per heavy atom. The van der Waals surface area contributed by atoms with Crippen molar-refractivity contribution < 1.29 is 4.79 Å². The van der Waals surface area contributed by atoms with Gasteiger partial charge in [-0.25, -0.2) is 0 Å². The lowest BCUT2D eigenvalue weighted by Crippen LogP contribution is -2.27. The zero-order valence-electron chi connectivity index (χ0n) is 8.69. The van der Waals surface area contributed by atoms with Crippen molar-refractivity contribution in [1.29, 1.82) is 0 Å². The topological polar surface area (TPSA) is 23.6 Å². The summed E-state index contributed by atoms with van der Waals surface area (Å²) >= 11 is 4.13. The van der Waals surface area contributed by atoms with Gasteiger partial charge in [-0.2, -0.15) is 0 Å². The van der Waals surface area contributed by atoms with Gasteiger partial charge in [-0.3, -0.25) is 9.10 Å². The highest BCUT2D eigenvalue weighted by Crippen LogP contribution is 2.07. The SMILES string of the molecule is O=CN1CCCCC1.SN1CCCC1. The van der Waals surface area contributed by atoms with Crippen molar-refractivity contribution in [3.63, 3.8) is 0 Å². The standard InChI is InChI=1S/C6H11NO.C4H9NS/c8-6-7-4-2-1-3-5-7;6-5-3-1-2-4-5/h6H,1-5H2;6H,1-4H2. The van der Waals surface area contributed by atoms with Crippen LogP contribution in [0.4, 0.5) is 0 Å². The fourth-order valence-corrected chi connectivity index (χ4v) is 2.01. The van der Waals surface area contributed by atoms with Crippen LogP contribution in [-0.4, -0.2) is 41.8 Å². The average molecular weight is 216 g/mol. The Bertz CT molecular complexity index is 154. The number of likely N-dealkylation sites (tertiary alicyclic amines) is 1. The van der Waals surface area contributed by atoms with Crippen LogP contribution >= 0.6 is 12.8 Å². The van der Waals surface area contributed by atoms with Crippen LogP contribution in [0.25, 0.3) is 0 Å². The maximum atomic E-state index is 10.1. The zero-order valence-corrected chi connectivity index (χ0v) is 9.59. The minimum Gasteiger partial charge on any atom is -0.345 e. The van der Waals surface area contributed by atoms with Crippen molar-refractivity contribution in [2.24, 2.45) is 0 Å². The van der Waals surface area contributed by atoms with E-state index in [0.29, 0.717) is 0 Å². The van der Waals surface area contributed by atoms with Crippen molar-refractivity contribution in [3.05, 3.63) is 0 Å². The van der Waals surface area contributed by atoms with E-state index in [1.54, 1.807) is 0 Å². The van der Waals surface area contributed by atoms with Gasteiger partial charge in [0.2, 0.25) is 6.41 Å². The van der Waals surface area contributed by atoms with Crippen LogP contribution in [0.3, 0.4) is 0 Å². The predicted molar refractivity (Wildman–Crippen MR) is 61.3 cm³/mol. The van der Waals surface area contributed by atoms with E-state index in [1.807, 2.05) is 4.90 Å². The monoisotopic (exact) mass is 216 g/mol. The highest BCUT2D eigenvalue weighted by Gasteiger charge is 2.05. The van der Waals surface area contributed by atoms with Crippen LogP contribution in [0.2, 0.25) is 0 Å². The largest absolute Gasteiger partial charge is 0.345 e. The summed E-state index contributed by atoms with van der Waals surface area (Å²) in [7, 11) is 0. The molecule has 3 nitrogen and oxygen atoms in total. The van der Waals surface area contributed by atoms with E-state index in [4.69, 9.17) is 0 Å². The molecule has 0 radical (unpaired) electrons. The molecule has 2 heterocycles. The van der Waals surface area contributed by atoms with Crippen LogP contribution < -0.4 is 0 Å². The van der Waals surface area contributed by atoms with E-state index in [1.165, 1.54) is 45.2 Å². The molecule has 0 spiro atoms. The van der Waals surface area contributed by atoms with Gasteiger partial charge >= 0.3 is 0 Å². The second-order valence-electron chi connectivity index (χ2n) is 3.86. The maximum Gasteiger partial charge on any atom is 0.209 e. The number of rotatable bonds is 1. The van der Waals surface area contributed by atoms with Gasteiger partial charge in [0.15, 0.2) is 0 Å². The summed E-state index contributed by atoms with van der Waals surface area (Å²) in [6.45, 7) is 4.32. The zero-order chi connectivity index (χ0) is 10.2. The van der Waals surface area contributed by atoms with Crippen LogP contribution in [0.5, 0.6) is 0 Å². The van der Waals surface area contributed by atoms with Crippen LogP contribution in [0, 0.1) is 0 Å². The van der Waals surface area contributed by atoms with E-state index in [-0.39, 0.29) is 0 Å². The Labute approximate surface area is 92.0 Å². The van der Waals surface area contributed by atoms with Crippen molar-refractivity contribution in [2.45, 2.75) is 32.1 Å². The molecule has 2 aliphatic heterocycles. The first-order valence-corrected chi connectivity index (χ1v) is 5.86. The van der Waals surface area contributed by atoms with E-state index in [9.17, 15) is 4.79 Å². The van der Waals surface area contributed by atoms with Gasteiger partial charge in [0.1, 0.15) is 0 Å². The van der Waals surface area contributed by atoms with Gasteiger partial charge in [-0.05, 0) is 32.1 Å². The van der Waals surface area contributed by atoms with E-state index in [0.717, 1.165) is 19.5 Å². The number of amides is 1. The van der Waals surface area contributed by atoms with Gasteiger partial charge in [0, 0.05) is 26.2 Å². The average Bonchev–Trinajstić information content (AvgIpc) is 2.71. The third-order valence-corrected chi connectivity index (χ3v) is 3.02. The molecular weight excluding hydrogens is 196 g/mol. The molecule has 2 rings (SSSR count). The Hall–Kier alpha value is -0.220. The molecule has 0 saturated carbocycles. The minimum atomic E-state index is 0.944. The Morgan fingerprint density at radius 2 is 1.36 bits per heavy atom.